The van der Waals surface area contributed by atoms with Crippen molar-refractivity contribution in [3.63, 3.8) is 0 Å². The average Bonchev–Trinajstić information content (AvgIpc) is 2.21. The number of nitrogens with zero attached hydrogens (tertiary/aromatic N) is 1. The van der Waals surface area contributed by atoms with Crippen LogP contribution in [0.3, 0.4) is 0 Å². The third-order valence-corrected chi connectivity index (χ3v) is 3.39. The number of pyridine rings is 1. The fourth-order valence-electron chi connectivity index (χ4n) is 1.40. The maximum atomic E-state index is 11.7. The molecule has 0 aromatic carbocycles. The summed E-state index contributed by atoms with van der Waals surface area (Å²) in [6.07, 6.45) is 1.56. The summed E-state index contributed by atoms with van der Waals surface area (Å²) in [7, 11) is -2.98. The van der Waals surface area contributed by atoms with Gasteiger partial charge in [-0.3, -0.25) is 4.79 Å². The summed E-state index contributed by atoms with van der Waals surface area (Å²) in [5.41, 5.74) is 1.08. The summed E-state index contributed by atoms with van der Waals surface area (Å²) >= 11 is 5.74. The van der Waals surface area contributed by atoms with Gasteiger partial charge in [-0.25, -0.2) is 13.4 Å². The molecule has 0 saturated carbocycles. The molecule has 1 aromatic heterocycles. The standard InChI is InChI=1S/C11H15ClN2O3S/c1-8-6-9(7-10(12)14-8)11(15)13-4-3-5-18(2,16)17/h6-7H,3-5H2,1-2H3,(H,13,15). The maximum Gasteiger partial charge on any atom is 0.251 e. The van der Waals surface area contributed by atoms with Gasteiger partial charge in [-0.2, -0.15) is 0 Å². The van der Waals surface area contributed by atoms with Crippen LogP contribution in [0.2, 0.25) is 5.15 Å². The summed E-state index contributed by atoms with van der Waals surface area (Å²) in [6, 6.07) is 3.10. The molecule has 1 N–H and O–H groups in total. The first kappa shape index (κ1) is 14.9. The lowest BCUT2D eigenvalue weighted by molar-refractivity contribution is 0.0953. The van der Waals surface area contributed by atoms with Crippen LogP contribution in [0.15, 0.2) is 12.1 Å². The molecule has 0 saturated heterocycles. The molecule has 1 heterocycles. The minimum Gasteiger partial charge on any atom is -0.352 e. The molecular formula is C11H15ClN2O3S. The van der Waals surface area contributed by atoms with E-state index in [2.05, 4.69) is 10.3 Å². The fraction of sp³-hybridized carbons (Fsp3) is 0.455. The van der Waals surface area contributed by atoms with Crippen LogP contribution in [0.5, 0.6) is 0 Å². The molecule has 0 unspecified atom stereocenters. The normalized spacial score (nSPS) is 11.3. The van der Waals surface area contributed by atoms with E-state index in [4.69, 9.17) is 11.6 Å². The van der Waals surface area contributed by atoms with E-state index in [-0.39, 0.29) is 16.8 Å². The number of hydrogen-bond acceptors (Lipinski definition) is 4. The van der Waals surface area contributed by atoms with Crippen molar-refractivity contribution >= 4 is 27.3 Å². The Morgan fingerprint density at radius 3 is 2.67 bits per heavy atom. The topological polar surface area (TPSA) is 76.1 Å². The third kappa shape index (κ3) is 5.46. The zero-order valence-electron chi connectivity index (χ0n) is 10.2. The number of sulfone groups is 1. The zero-order valence-corrected chi connectivity index (χ0v) is 11.8. The monoisotopic (exact) mass is 290 g/mol. The Morgan fingerprint density at radius 1 is 1.44 bits per heavy atom. The average molecular weight is 291 g/mol. The largest absolute Gasteiger partial charge is 0.352 e. The van der Waals surface area contributed by atoms with Gasteiger partial charge in [0, 0.05) is 24.1 Å². The van der Waals surface area contributed by atoms with Crippen molar-refractivity contribution in [2.24, 2.45) is 0 Å². The summed E-state index contributed by atoms with van der Waals surface area (Å²) in [5.74, 6) is -0.223. The van der Waals surface area contributed by atoms with E-state index in [1.807, 2.05) is 0 Å². The third-order valence-electron chi connectivity index (χ3n) is 2.16. The molecule has 18 heavy (non-hydrogen) atoms. The number of aryl methyl sites for hydroxylation is 1. The minimum atomic E-state index is -2.98. The van der Waals surface area contributed by atoms with E-state index >= 15 is 0 Å². The summed E-state index contributed by atoms with van der Waals surface area (Å²) in [4.78, 5) is 15.7. The quantitative estimate of drug-likeness (QED) is 0.653. The Morgan fingerprint density at radius 2 is 2.11 bits per heavy atom. The van der Waals surface area contributed by atoms with Crippen molar-refractivity contribution < 1.29 is 13.2 Å². The molecule has 7 heteroatoms. The summed E-state index contributed by atoms with van der Waals surface area (Å²) in [5, 5.41) is 2.90. The van der Waals surface area contributed by atoms with E-state index in [1.54, 1.807) is 13.0 Å². The second-order valence-electron chi connectivity index (χ2n) is 4.06. The maximum absolute atomic E-state index is 11.7. The number of aromatic nitrogens is 1. The van der Waals surface area contributed by atoms with Crippen LogP contribution in [0.25, 0.3) is 0 Å². The van der Waals surface area contributed by atoms with Crippen molar-refractivity contribution in [2.75, 3.05) is 18.6 Å². The first-order chi connectivity index (χ1) is 8.28. The Kier molecular flexibility index (Phi) is 5.10. The van der Waals surface area contributed by atoms with Gasteiger partial charge in [0.15, 0.2) is 0 Å². The van der Waals surface area contributed by atoms with Gasteiger partial charge >= 0.3 is 0 Å². The van der Waals surface area contributed by atoms with E-state index in [9.17, 15) is 13.2 Å². The van der Waals surface area contributed by atoms with E-state index in [1.165, 1.54) is 12.3 Å². The number of rotatable bonds is 5. The summed E-state index contributed by atoms with van der Waals surface area (Å²) in [6.45, 7) is 2.05. The van der Waals surface area contributed by atoms with Gasteiger partial charge in [-0.15, -0.1) is 0 Å². The van der Waals surface area contributed by atoms with Crippen LogP contribution in [-0.2, 0) is 9.84 Å². The van der Waals surface area contributed by atoms with Crippen LogP contribution in [-0.4, -0.2) is 37.9 Å². The molecule has 0 aliphatic carbocycles. The molecular weight excluding hydrogens is 276 g/mol. The molecule has 0 fully saturated rings. The van der Waals surface area contributed by atoms with Crippen LogP contribution in [0.4, 0.5) is 0 Å². The van der Waals surface area contributed by atoms with Gasteiger partial charge in [0.2, 0.25) is 0 Å². The van der Waals surface area contributed by atoms with Gasteiger partial charge < -0.3 is 5.32 Å². The molecule has 1 amide bonds. The SMILES string of the molecule is Cc1cc(C(=O)NCCCS(C)(=O)=O)cc(Cl)n1. The van der Waals surface area contributed by atoms with Crippen LogP contribution in [0.1, 0.15) is 22.5 Å². The molecule has 5 nitrogen and oxygen atoms in total. The Bertz CT molecular complexity index is 523. The molecule has 1 rings (SSSR count). The number of nitrogens with one attached hydrogen (secondary N) is 1. The van der Waals surface area contributed by atoms with Gasteiger partial charge in [-0.1, -0.05) is 11.6 Å². The van der Waals surface area contributed by atoms with E-state index < -0.39 is 9.84 Å². The van der Waals surface area contributed by atoms with Gasteiger partial charge in [0.05, 0.1) is 5.75 Å². The van der Waals surface area contributed by atoms with Crippen molar-refractivity contribution in [1.29, 1.82) is 0 Å². The van der Waals surface area contributed by atoms with Gasteiger partial charge in [-0.05, 0) is 25.5 Å². The number of halogens is 1. The van der Waals surface area contributed by atoms with E-state index in [0.717, 1.165) is 0 Å². The highest BCUT2D eigenvalue weighted by atomic mass is 35.5. The van der Waals surface area contributed by atoms with Crippen molar-refractivity contribution in [1.82, 2.24) is 10.3 Å². The zero-order chi connectivity index (χ0) is 13.8. The number of hydrogen-bond donors (Lipinski definition) is 1. The first-order valence-corrected chi connectivity index (χ1v) is 7.82. The lowest BCUT2D eigenvalue weighted by atomic mass is 10.2. The molecule has 0 bridgehead atoms. The highest BCUT2D eigenvalue weighted by Gasteiger charge is 2.08. The van der Waals surface area contributed by atoms with Crippen LogP contribution in [0, 0.1) is 6.92 Å². The molecule has 0 atom stereocenters. The molecule has 0 radical (unpaired) electrons. The molecule has 0 spiro atoms. The van der Waals surface area contributed by atoms with E-state index in [0.29, 0.717) is 24.2 Å². The molecule has 0 aliphatic heterocycles. The van der Waals surface area contributed by atoms with Crippen molar-refractivity contribution in [3.8, 4) is 0 Å². The second kappa shape index (κ2) is 6.15. The number of carbonyl (C=O) groups excluding carboxylic acids is 1. The predicted octanol–water partition coefficient (Wildman–Crippen LogP) is 1.21. The smallest absolute Gasteiger partial charge is 0.251 e. The van der Waals surface area contributed by atoms with Crippen molar-refractivity contribution in [2.45, 2.75) is 13.3 Å². The second-order valence-corrected chi connectivity index (χ2v) is 6.71. The minimum absolute atomic E-state index is 0.0589. The molecule has 1 aromatic rings. The van der Waals surface area contributed by atoms with Gasteiger partial charge in [0.25, 0.3) is 5.91 Å². The lowest BCUT2D eigenvalue weighted by Gasteiger charge is -2.05. The Hall–Kier alpha value is -1.14. The van der Waals surface area contributed by atoms with Crippen LogP contribution >= 0.6 is 11.6 Å². The van der Waals surface area contributed by atoms with Crippen molar-refractivity contribution in [3.05, 3.63) is 28.5 Å². The predicted molar refractivity (Wildman–Crippen MR) is 70.6 cm³/mol. The molecule has 100 valence electrons. The Labute approximate surface area is 111 Å². The highest BCUT2D eigenvalue weighted by Crippen LogP contribution is 2.10. The highest BCUT2D eigenvalue weighted by molar-refractivity contribution is 7.90. The lowest BCUT2D eigenvalue weighted by Crippen LogP contribution is -2.26. The Balaban J connectivity index is 2.51. The molecule has 0 aliphatic rings. The first-order valence-electron chi connectivity index (χ1n) is 5.38. The fourth-order valence-corrected chi connectivity index (χ4v) is 2.32. The number of carbonyl (C=O) groups is 1. The van der Waals surface area contributed by atoms with Crippen LogP contribution < -0.4 is 5.32 Å². The summed E-state index contributed by atoms with van der Waals surface area (Å²) < 4.78 is 21.8. The van der Waals surface area contributed by atoms with Gasteiger partial charge in [0.1, 0.15) is 15.0 Å². The number of amides is 1.